The molecule has 4 heteroatoms. The van der Waals surface area contributed by atoms with Crippen LogP contribution in [-0.4, -0.2) is 17.5 Å². The zero-order valence-corrected chi connectivity index (χ0v) is 10.5. The number of carbonyl (C=O) groups excluding carboxylic acids is 1. The number of hydrogen-bond donors (Lipinski definition) is 1. The molecule has 13 heavy (non-hydrogen) atoms. The molecule has 0 saturated carbocycles. The number of nitrogens with one attached hydrogen (secondary N) is 1. The molecule has 0 fully saturated rings. The van der Waals surface area contributed by atoms with Crippen LogP contribution in [0.3, 0.4) is 0 Å². The van der Waals surface area contributed by atoms with Crippen LogP contribution in [0.25, 0.3) is 0 Å². The van der Waals surface area contributed by atoms with Gasteiger partial charge in [-0.3, -0.25) is 4.79 Å². The summed E-state index contributed by atoms with van der Waals surface area (Å²) in [5, 5.41) is 2.96. The smallest absolute Gasteiger partial charge is 0.289 e. The van der Waals surface area contributed by atoms with E-state index in [4.69, 9.17) is 0 Å². The van der Waals surface area contributed by atoms with Gasteiger partial charge in [0.15, 0.2) is 0 Å². The van der Waals surface area contributed by atoms with Crippen LogP contribution in [-0.2, 0) is 0 Å². The summed E-state index contributed by atoms with van der Waals surface area (Å²) in [5.74, 6) is 1.04. The molecule has 0 aromatic heterocycles. The van der Waals surface area contributed by atoms with Crippen molar-refractivity contribution in [3.05, 3.63) is 0 Å². The quantitative estimate of drug-likeness (QED) is 0.581. The standard InChI is InChI=1S/C9H19NOS2/c1-5-6-12-13-8(11)10-7-9(2,3)4/h5-7H2,1-4H3,(H,10,11). The Kier molecular flexibility index (Phi) is 6.68. The first-order valence-corrected chi connectivity index (χ1v) is 6.85. The first-order valence-electron chi connectivity index (χ1n) is 4.53. The van der Waals surface area contributed by atoms with E-state index in [1.165, 1.54) is 10.8 Å². The molecule has 1 amide bonds. The van der Waals surface area contributed by atoms with Crippen molar-refractivity contribution in [1.82, 2.24) is 5.32 Å². The molecule has 0 saturated heterocycles. The zero-order valence-electron chi connectivity index (χ0n) is 8.85. The number of carbonyl (C=O) groups is 1. The molecule has 0 atom stereocenters. The van der Waals surface area contributed by atoms with Gasteiger partial charge in [0.25, 0.3) is 5.24 Å². The Morgan fingerprint density at radius 2 is 2.00 bits per heavy atom. The summed E-state index contributed by atoms with van der Waals surface area (Å²) in [6.45, 7) is 9.18. The third-order valence-electron chi connectivity index (χ3n) is 1.19. The predicted molar refractivity (Wildman–Crippen MR) is 63.2 cm³/mol. The molecule has 78 valence electrons. The lowest BCUT2D eigenvalue weighted by molar-refractivity contribution is 0.256. The Morgan fingerprint density at radius 3 is 2.46 bits per heavy atom. The predicted octanol–water partition coefficient (Wildman–Crippen LogP) is 3.53. The fourth-order valence-corrected chi connectivity index (χ4v) is 2.28. The third kappa shape index (κ3) is 10.1. The summed E-state index contributed by atoms with van der Waals surface area (Å²) in [5.41, 5.74) is 0.172. The van der Waals surface area contributed by atoms with E-state index in [0.29, 0.717) is 0 Å². The van der Waals surface area contributed by atoms with Crippen LogP contribution in [0.15, 0.2) is 0 Å². The molecule has 0 aromatic rings. The number of hydrogen-bond acceptors (Lipinski definition) is 3. The summed E-state index contributed by atoms with van der Waals surface area (Å²) < 4.78 is 0. The summed E-state index contributed by atoms with van der Waals surface area (Å²) >= 11 is 0. The van der Waals surface area contributed by atoms with Gasteiger partial charge in [0.1, 0.15) is 0 Å². The van der Waals surface area contributed by atoms with Crippen molar-refractivity contribution in [2.45, 2.75) is 34.1 Å². The molecule has 0 aliphatic rings. The molecule has 0 bridgehead atoms. The van der Waals surface area contributed by atoms with E-state index in [1.54, 1.807) is 10.8 Å². The van der Waals surface area contributed by atoms with Crippen LogP contribution < -0.4 is 5.32 Å². The average Bonchev–Trinajstić information content (AvgIpc) is 2.00. The van der Waals surface area contributed by atoms with Gasteiger partial charge in [-0.05, 0) is 11.8 Å². The summed E-state index contributed by atoms with van der Waals surface area (Å²) in [6, 6.07) is 0. The van der Waals surface area contributed by atoms with Crippen molar-refractivity contribution in [2.24, 2.45) is 5.41 Å². The Bertz CT molecular complexity index is 154. The van der Waals surface area contributed by atoms with Crippen molar-refractivity contribution < 1.29 is 4.79 Å². The third-order valence-corrected chi connectivity index (χ3v) is 3.48. The molecule has 0 rings (SSSR count). The van der Waals surface area contributed by atoms with Crippen LogP contribution in [0.1, 0.15) is 34.1 Å². The normalized spacial score (nSPS) is 11.4. The Balaban J connectivity index is 3.41. The summed E-state index contributed by atoms with van der Waals surface area (Å²) in [7, 11) is 2.92. The molecular weight excluding hydrogens is 202 g/mol. The number of amides is 1. The van der Waals surface area contributed by atoms with Crippen LogP contribution in [0.5, 0.6) is 0 Å². The minimum Gasteiger partial charge on any atom is -0.346 e. The maximum atomic E-state index is 11.2. The molecular formula is C9H19NOS2. The van der Waals surface area contributed by atoms with Gasteiger partial charge in [-0.1, -0.05) is 38.5 Å². The van der Waals surface area contributed by atoms with E-state index >= 15 is 0 Å². The molecule has 0 heterocycles. The van der Waals surface area contributed by atoms with Crippen molar-refractivity contribution in [2.75, 3.05) is 12.3 Å². The lowest BCUT2D eigenvalue weighted by Gasteiger charge is -2.18. The largest absolute Gasteiger partial charge is 0.346 e. The van der Waals surface area contributed by atoms with E-state index in [0.717, 1.165) is 18.7 Å². The van der Waals surface area contributed by atoms with E-state index in [1.807, 2.05) is 0 Å². The number of rotatable bonds is 4. The molecule has 0 aliphatic carbocycles. The van der Waals surface area contributed by atoms with Crippen molar-refractivity contribution in [3.63, 3.8) is 0 Å². The highest BCUT2D eigenvalue weighted by atomic mass is 33.1. The fourth-order valence-electron chi connectivity index (χ4n) is 0.545. The Hall–Kier alpha value is 0.170. The Labute approximate surface area is 89.0 Å². The van der Waals surface area contributed by atoms with Gasteiger partial charge >= 0.3 is 0 Å². The maximum absolute atomic E-state index is 11.2. The molecule has 2 nitrogen and oxygen atoms in total. The highest BCUT2D eigenvalue weighted by Gasteiger charge is 2.11. The van der Waals surface area contributed by atoms with Crippen molar-refractivity contribution >= 4 is 26.8 Å². The fraction of sp³-hybridized carbons (Fsp3) is 0.889. The molecule has 0 aliphatic heterocycles. The Morgan fingerprint density at radius 1 is 1.38 bits per heavy atom. The van der Waals surface area contributed by atoms with E-state index in [9.17, 15) is 4.79 Å². The topological polar surface area (TPSA) is 29.1 Å². The lowest BCUT2D eigenvalue weighted by atomic mass is 9.97. The monoisotopic (exact) mass is 221 g/mol. The minimum absolute atomic E-state index is 0.0772. The van der Waals surface area contributed by atoms with E-state index in [2.05, 4.69) is 33.0 Å². The average molecular weight is 221 g/mol. The van der Waals surface area contributed by atoms with Crippen LogP contribution in [0.4, 0.5) is 4.79 Å². The molecule has 0 radical (unpaired) electrons. The van der Waals surface area contributed by atoms with E-state index in [-0.39, 0.29) is 10.7 Å². The van der Waals surface area contributed by atoms with Gasteiger partial charge in [-0.25, -0.2) is 0 Å². The first-order chi connectivity index (χ1) is 5.95. The van der Waals surface area contributed by atoms with Crippen LogP contribution >= 0.6 is 21.6 Å². The van der Waals surface area contributed by atoms with E-state index < -0.39 is 0 Å². The second kappa shape index (κ2) is 6.60. The van der Waals surface area contributed by atoms with Gasteiger partial charge in [0, 0.05) is 23.1 Å². The highest BCUT2D eigenvalue weighted by Crippen LogP contribution is 2.22. The van der Waals surface area contributed by atoms with Crippen molar-refractivity contribution in [3.8, 4) is 0 Å². The molecule has 0 aromatic carbocycles. The SMILES string of the molecule is CCCSSC(=O)NCC(C)(C)C. The van der Waals surface area contributed by atoms with Gasteiger partial charge in [-0.2, -0.15) is 0 Å². The summed E-state index contributed by atoms with van der Waals surface area (Å²) in [4.78, 5) is 11.2. The van der Waals surface area contributed by atoms with Crippen molar-refractivity contribution in [1.29, 1.82) is 0 Å². The minimum atomic E-state index is 0.0772. The molecule has 0 spiro atoms. The van der Waals surface area contributed by atoms with Gasteiger partial charge in [0.2, 0.25) is 0 Å². The summed E-state index contributed by atoms with van der Waals surface area (Å²) in [6.07, 6.45) is 1.12. The maximum Gasteiger partial charge on any atom is 0.289 e. The van der Waals surface area contributed by atoms with Crippen LogP contribution in [0, 0.1) is 5.41 Å². The second-order valence-corrected chi connectivity index (χ2v) is 6.50. The van der Waals surface area contributed by atoms with Gasteiger partial charge < -0.3 is 5.32 Å². The van der Waals surface area contributed by atoms with Gasteiger partial charge in [0.05, 0.1) is 0 Å². The second-order valence-electron chi connectivity index (χ2n) is 4.11. The lowest BCUT2D eigenvalue weighted by Crippen LogP contribution is -2.29. The molecule has 1 N–H and O–H groups in total. The van der Waals surface area contributed by atoms with Gasteiger partial charge in [-0.15, -0.1) is 0 Å². The highest BCUT2D eigenvalue weighted by molar-refractivity contribution is 8.82. The first kappa shape index (κ1) is 13.2. The zero-order chi connectivity index (χ0) is 10.3. The molecule has 0 unspecified atom stereocenters. The van der Waals surface area contributed by atoms with Crippen LogP contribution in [0.2, 0.25) is 0 Å².